The van der Waals surface area contributed by atoms with Gasteiger partial charge in [-0.05, 0) is 30.7 Å². The number of carbonyl (C=O) groups is 3. The average Bonchev–Trinajstić information content (AvgIpc) is 3.61. The van der Waals surface area contributed by atoms with Gasteiger partial charge in [-0.3, -0.25) is 14.4 Å². The summed E-state index contributed by atoms with van der Waals surface area (Å²) in [5.74, 6) is -2.08. The van der Waals surface area contributed by atoms with E-state index in [0.717, 1.165) is 5.52 Å². The number of aliphatic hydroxyl groups excluding tert-OH is 1. The number of hydrogen-bond donors (Lipinski definition) is 3. The number of para-hydroxylation sites is 2. The molecule has 37 heavy (non-hydrogen) atoms. The predicted molar refractivity (Wildman–Crippen MR) is 142 cm³/mol. The predicted octanol–water partition coefficient (Wildman–Crippen LogP) is 1.60. The zero-order valence-electron chi connectivity index (χ0n) is 19.7. The molecule has 12 heteroatoms. The van der Waals surface area contributed by atoms with Crippen LogP contribution in [0, 0.1) is 11.8 Å². The molecule has 2 aromatic carbocycles. The first-order valence-corrected chi connectivity index (χ1v) is 13.9. The molecule has 3 aliphatic rings. The van der Waals surface area contributed by atoms with Crippen LogP contribution in [-0.2, 0) is 21.1 Å². The third-order valence-electron chi connectivity index (χ3n) is 7.55. The van der Waals surface area contributed by atoms with E-state index in [9.17, 15) is 19.5 Å². The highest BCUT2D eigenvalue weighted by Gasteiger charge is 2.75. The van der Waals surface area contributed by atoms with Crippen molar-refractivity contribution in [2.24, 2.45) is 11.8 Å². The molecule has 1 spiro atoms. The Morgan fingerprint density at radius 1 is 1.14 bits per heavy atom. The maximum Gasteiger partial charge on any atom is 0.245 e. The van der Waals surface area contributed by atoms with Gasteiger partial charge in [0.2, 0.25) is 17.7 Å². The van der Waals surface area contributed by atoms with E-state index in [1.54, 1.807) is 28.6 Å². The zero-order chi connectivity index (χ0) is 25.7. The van der Waals surface area contributed by atoms with E-state index in [4.69, 9.17) is 0 Å². The maximum absolute atomic E-state index is 13.8. The molecular formula is C25H25BrN6O4S. The van der Waals surface area contributed by atoms with Crippen LogP contribution in [0.1, 0.15) is 6.42 Å². The van der Waals surface area contributed by atoms with E-state index in [2.05, 4.69) is 36.9 Å². The van der Waals surface area contributed by atoms with E-state index >= 15 is 0 Å². The number of halogens is 1. The van der Waals surface area contributed by atoms with Gasteiger partial charge in [0.05, 0.1) is 28.7 Å². The van der Waals surface area contributed by atoms with Crippen molar-refractivity contribution < 1.29 is 19.5 Å². The summed E-state index contributed by atoms with van der Waals surface area (Å²) in [6, 6.07) is 15.8. The molecule has 3 amide bonds. The van der Waals surface area contributed by atoms with Crippen molar-refractivity contribution in [3.8, 4) is 0 Å². The first-order valence-electron chi connectivity index (χ1n) is 12.1. The molecule has 0 radical (unpaired) electrons. The van der Waals surface area contributed by atoms with Crippen molar-refractivity contribution in [2.45, 2.75) is 34.0 Å². The number of nitrogens with one attached hydrogen (secondary N) is 2. The summed E-state index contributed by atoms with van der Waals surface area (Å²) in [5, 5.41) is 23.7. The molecule has 3 saturated heterocycles. The minimum Gasteiger partial charge on any atom is -0.395 e. The summed E-state index contributed by atoms with van der Waals surface area (Å²) in [5.41, 5.74) is 2.16. The molecule has 4 heterocycles. The molecular weight excluding hydrogens is 560 g/mol. The molecule has 3 aromatic rings. The lowest BCUT2D eigenvalue weighted by Gasteiger charge is -2.35. The third kappa shape index (κ3) is 3.84. The van der Waals surface area contributed by atoms with Crippen LogP contribution in [0.5, 0.6) is 0 Å². The Labute approximate surface area is 225 Å². The number of alkyl halides is 1. The van der Waals surface area contributed by atoms with Gasteiger partial charge < -0.3 is 20.6 Å². The monoisotopic (exact) mass is 584 g/mol. The molecule has 1 aromatic heterocycles. The lowest BCUT2D eigenvalue weighted by atomic mass is 9.70. The van der Waals surface area contributed by atoms with Crippen molar-refractivity contribution >= 4 is 62.1 Å². The van der Waals surface area contributed by atoms with E-state index in [1.807, 2.05) is 42.5 Å². The maximum atomic E-state index is 13.8. The number of anilines is 1. The van der Waals surface area contributed by atoms with Crippen LogP contribution in [0.15, 0.2) is 54.6 Å². The van der Waals surface area contributed by atoms with E-state index in [-0.39, 0.29) is 47.6 Å². The number of aliphatic hydroxyl groups is 1. The molecule has 0 saturated carbocycles. The van der Waals surface area contributed by atoms with Crippen LogP contribution in [0.25, 0.3) is 11.0 Å². The fourth-order valence-corrected chi connectivity index (χ4v) is 9.72. The average molecular weight is 585 g/mol. The Morgan fingerprint density at radius 3 is 2.68 bits per heavy atom. The SMILES string of the molecule is O=C(NCn1nnc2ccccc21)C1N(CCO)C(=O)[C@@H]2[C@H](C(=O)Nc3ccccc3)[C@H]3SC12CC3Br. The van der Waals surface area contributed by atoms with Crippen LogP contribution in [0.4, 0.5) is 5.69 Å². The molecule has 6 rings (SSSR count). The minimum absolute atomic E-state index is 0.0205. The Kier molecular flexibility index (Phi) is 6.20. The smallest absolute Gasteiger partial charge is 0.245 e. The number of benzene rings is 2. The molecule has 3 aliphatic heterocycles. The van der Waals surface area contributed by atoms with Crippen LogP contribution >= 0.6 is 27.7 Å². The van der Waals surface area contributed by atoms with Gasteiger partial charge in [-0.1, -0.05) is 51.5 Å². The van der Waals surface area contributed by atoms with Crippen molar-refractivity contribution in [1.29, 1.82) is 0 Å². The minimum atomic E-state index is -0.823. The molecule has 0 aliphatic carbocycles. The van der Waals surface area contributed by atoms with E-state index in [0.29, 0.717) is 17.6 Å². The molecule has 6 atom stereocenters. The number of fused-ring (bicyclic) bond motifs is 2. The molecule has 10 nitrogen and oxygen atoms in total. The van der Waals surface area contributed by atoms with Crippen molar-refractivity contribution in [2.75, 3.05) is 18.5 Å². The summed E-state index contributed by atoms with van der Waals surface area (Å²) in [6.45, 7) is -0.174. The van der Waals surface area contributed by atoms with Gasteiger partial charge in [-0.2, -0.15) is 0 Å². The number of nitrogens with zero attached hydrogens (tertiary/aromatic N) is 4. The molecule has 3 N–H and O–H groups in total. The van der Waals surface area contributed by atoms with Gasteiger partial charge in [0.1, 0.15) is 18.2 Å². The van der Waals surface area contributed by atoms with Gasteiger partial charge >= 0.3 is 0 Å². The molecule has 3 unspecified atom stereocenters. The van der Waals surface area contributed by atoms with Crippen molar-refractivity contribution in [3.05, 3.63) is 54.6 Å². The summed E-state index contributed by atoms with van der Waals surface area (Å²) in [6.07, 6.45) is 0.570. The van der Waals surface area contributed by atoms with E-state index < -0.39 is 22.6 Å². The van der Waals surface area contributed by atoms with Crippen LogP contribution < -0.4 is 10.6 Å². The first kappa shape index (κ1) is 24.4. The fourth-order valence-electron chi connectivity index (χ4n) is 6.11. The Hall–Kier alpha value is -2.96. The number of amides is 3. The first-order chi connectivity index (χ1) is 17.9. The van der Waals surface area contributed by atoms with Gasteiger partial charge in [0.25, 0.3) is 0 Å². The normalized spacial score (nSPS) is 30.1. The van der Waals surface area contributed by atoms with Gasteiger partial charge in [-0.25, -0.2) is 4.68 Å². The van der Waals surface area contributed by atoms with Gasteiger partial charge in [0.15, 0.2) is 0 Å². The highest BCUT2D eigenvalue weighted by molar-refractivity contribution is 9.09. The summed E-state index contributed by atoms with van der Waals surface area (Å²) >= 11 is 5.29. The second kappa shape index (κ2) is 9.41. The summed E-state index contributed by atoms with van der Waals surface area (Å²) < 4.78 is 0.816. The largest absolute Gasteiger partial charge is 0.395 e. The van der Waals surface area contributed by atoms with Gasteiger partial charge in [0, 0.05) is 22.3 Å². The number of carbonyl (C=O) groups excluding carboxylic acids is 3. The Bertz CT molecular complexity index is 1370. The third-order valence-corrected chi connectivity index (χ3v) is 10.8. The number of thioether (sulfide) groups is 1. The number of likely N-dealkylation sites (tertiary alicyclic amines) is 1. The van der Waals surface area contributed by atoms with Crippen molar-refractivity contribution in [3.63, 3.8) is 0 Å². The number of β-amino-alcohol motifs (C(OH)–C–C–N with tert-alkyl or cyclic N) is 1. The molecule has 2 bridgehead atoms. The van der Waals surface area contributed by atoms with E-state index in [1.165, 1.54) is 4.90 Å². The standard InChI is InChI=1S/C25H25BrN6O4S/c26-15-12-25-19(18(20(15)37-25)22(34)28-14-6-2-1-3-7-14)24(36)31(10-11-33)21(25)23(35)27-13-32-17-9-5-4-8-16(17)29-30-32/h1-9,15,18-21,33H,10-13H2,(H,27,35)(H,28,34)/t15?,18-,19-,20-,21?,25?/m0/s1. The molecule has 3 fully saturated rings. The highest BCUT2D eigenvalue weighted by atomic mass is 79.9. The molecule has 192 valence electrons. The Balaban J connectivity index is 1.29. The lowest BCUT2D eigenvalue weighted by molar-refractivity contribution is -0.139. The highest BCUT2D eigenvalue weighted by Crippen LogP contribution is 2.67. The second-order valence-electron chi connectivity index (χ2n) is 9.55. The topological polar surface area (TPSA) is 129 Å². The Morgan fingerprint density at radius 2 is 1.89 bits per heavy atom. The number of aromatic nitrogens is 3. The quantitative estimate of drug-likeness (QED) is 0.360. The summed E-state index contributed by atoms with van der Waals surface area (Å²) in [7, 11) is 0. The van der Waals surface area contributed by atoms with Crippen LogP contribution in [0.3, 0.4) is 0 Å². The van der Waals surface area contributed by atoms with Crippen LogP contribution in [-0.4, -0.2) is 76.7 Å². The van der Waals surface area contributed by atoms with Crippen molar-refractivity contribution in [1.82, 2.24) is 25.2 Å². The fraction of sp³-hybridized carbons (Fsp3) is 0.400. The second-order valence-corrected chi connectivity index (χ2v) is 12.3. The number of rotatable bonds is 7. The number of hydrogen-bond acceptors (Lipinski definition) is 7. The zero-order valence-corrected chi connectivity index (χ0v) is 22.1. The van der Waals surface area contributed by atoms with Crippen LogP contribution in [0.2, 0.25) is 0 Å². The summed E-state index contributed by atoms with van der Waals surface area (Å²) in [4.78, 5) is 42.4. The van der Waals surface area contributed by atoms with Gasteiger partial charge in [-0.15, -0.1) is 16.9 Å². The lowest BCUT2D eigenvalue weighted by Crippen LogP contribution is -2.55.